The number of hydrogen-bond acceptors (Lipinski definition) is 5. The standard InChI is InChI=1S/C13H22N4O/c1-2-5-10-8-13(17-14)16-12(15-10)9-11-6-3-4-7-18-11/h8,11H,2-7,9,14H2,1H3,(H,15,16,17). The fraction of sp³-hybridized carbons (Fsp3) is 0.692. The largest absolute Gasteiger partial charge is 0.378 e. The number of aromatic nitrogens is 2. The average Bonchev–Trinajstić information content (AvgIpc) is 2.40. The first kappa shape index (κ1) is 13.2. The first-order valence-corrected chi connectivity index (χ1v) is 6.77. The van der Waals surface area contributed by atoms with Crippen molar-refractivity contribution in [3.05, 3.63) is 17.6 Å². The van der Waals surface area contributed by atoms with Gasteiger partial charge >= 0.3 is 0 Å². The van der Waals surface area contributed by atoms with Crippen LogP contribution < -0.4 is 11.3 Å². The van der Waals surface area contributed by atoms with E-state index in [0.717, 1.165) is 43.8 Å². The molecule has 0 aliphatic carbocycles. The van der Waals surface area contributed by atoms with Crippen molar-refractivity contribution >= 4 is 5.82 Å². The van der Waals surface area contributed by atoms with Gasteiger partial charge in [-0.25, -0.2) is 15.8 Å². The molecule has 0 amide bonds. The van der Waals surface area contributed by atoms with Crippen molar-refractivity contribution in [2.45, 2.75) is 51.6 Å². The Bertz CT molecular complexity index is 377. The molecular weight excluding hydrogens is 228 g/mol. The van der Waals surface area contributed by atoms with Crippen LogP contribution in [0.1, 0.15) is 44.1 Å². The van der Waals surface area contributed by atoms with Gasteiger partial charge in [-0.2, -0.15) is 0 Å². The van der Waals surface area contributed by atoms with E-state index in [1.165, 1.54) is 12.8 Å². The molecule has 0 bridgehead atoms. The number of nitrogen functional groups attached to an aromatic ring is 1. The van der Waals surface area contributed by atoms with Gasteiger partial charge in [-0.3, -0.25) is 0 Å². The molecule has 0 aromatic carbocycles. The van der Waals surface area contributed by atoms with Gasteiger partial charge < -0.3 is 10.2 Å². The van der Waals surface area contributed by atoms with Gasteiger partial charge in [0.1, 0.15) is 11.6 Å². The first-order valence-electron chi connectivity index (χ1n) is 6.77. The van der Waals surface area contributed by atoms with Crippen LogP contribution in [0.5, 0.6) is 0 Å². The van der Waals surface area contributed by atoms with Gasteiger partial charge in [-0.15, -0.1) is 0 Å². The lowest BCUT2D eigenvalue weighted by Gasteiger charge is -2.22. The van der Waals surface area contributed by atoms with Gasteiger partial charge in [-0.1, -0.05) is 13.3 Å². The quantitative estimate of drug-likeness (QED) is 0.616. The summed E-state index contributed by atoms with van der Waals surface area (Å²) in [5.74, 6) is 6.97. The van der Waals surface area contributed by atoms with E-state index >= 15 is 0 Å². The molecule has 18 heavy (non-hydrogen) atoms. The second-order valence-electron chi connectivity index (χ2n) is 4.75. The predicted octanol–water partition coefficient (Wildman–Crippen LogP) is 1.83. The molecule has 5 heteroatoms. The van der Waals surface area contributed by atoms with E-state index in [4.69, 9.17) is 10.6 Å². The molecule has 1 aliphatic heterocycles. The number of hydrazine groups is 1. The molecular formula is C13H22N4O. The number of nitrogens with zero attached hydrogens (tertiary/aromatic N) is 2. The minimum atomic E-state index is 0.265. The molecule has 3 N–H and O–H groups in total. The third-order valence-corrected chi connectivity index (χ3v) is 3.16. The van der Waals surface area contributed by atoms with Gasteiger partial charge in [0, 0.05) is 24.8 Å². The van der Waals surface area contributed by atoms with E-state index in [1.54, 1.807) is 0 Å². The van der Waals surface area contributed by atoms with Gasteiger partial charge in [0.15, 0.2) is 0 Å². The maximum absolute atomic E-state index is 5.72. The first-order chi connectivity index (χ1) is 8.81. The fourth-order valence-corrected chi connectivity index (χ4v) is 2.27. The van der Waals surface area contributed by atoms with Gasteiger partial charge in [-0.05, 0) is 25.7 Å². The molecule has 1 atom stereocenters. The van der Waals surface area contributed by atoms with Crippen molar-refractivity contribution in [3.8, 4) is 0 Å². The lowest BCUT2D eigenvalue weighted by atomic mass is 10.1. The molecule has 1 aromatic heterocycles. The maximum atomic E-state index is 5.72. The van der Waals surface area contributed by atoms with Crippen molar-refractivity contribution in [3.63, 3.8) is 0 Å². The van der Waals surface area contributed by atoms with Crippen LogP contribution in [0.25, 0.3) is 0 Å². The Morgan fingerprint density at radius 1 is 1.44 bits per heavy atom. The summed E-state index contributed by atoms with van der Waals surface area (Å²) in [5.41, 5.74) is 3.66. The van der Waals surface area contributed by atoms with Crippen LogP contribution in [-0.2, 0) is 17.6 Å². The fourth-order valence-electron chi connectivity index (χ4n) is 2.27. The lowest BCUT2D eigenvalue weighted by molar-refractivity contribution is 0.0156. The minimum Gasteiger partial charge on any atom is -0.378 e. The Morgan fingerprint density at radius 3 is 3.00 bits per heavy atom. The van der Waals surface area contributed by atoms with Crippen LogP contribution in [0.2, 0.25) is 0 Å². The highest BCUT2D eigenvalue weighted by Gasteiger charge is 2.16. The summed E-state index contributed by atoms with van der Waals surface area (Å²) in [7, 11) is 0. The van der Waals surface area contributed by atoms with Crippen LogP contribution in [0.4, 0.5) is 5.82 Å². The molecule has 2 rings (SSSR count). The van der Waals surface area contributed by atoms with Crippen molar-refractivity contribution < 1.29 is 4.74 Å². The topological polar surface area (TPSA) is 73.1 Å². The molecule has 1 aliphatic rings. The highest BCUT2D eigenvalue weighted by molar-refractivity contribution is 5.34. The van der Waals surface area contributed by atoms with Crippen LogP contribution >= 0.6 is 0 Å². The normalized spacial score (nSPS) is 19.8. The van der Waals surface area contributed by atoms with Gasteiger partial charge in [0.2, 0.25) is 0 Å². The zero-order valence-corrected chi connectivity index (χ0v) is 11.0. The highest BCUT2D eigenvalue weighted by Crippen LogP contribution is 2.17. The highest BCUT2D eigenvalue weighted by atomic mass is 16.5. The Hall–Kier alpha value is -1.20. The van der Waals surface area contributed by atoms with E-state index < -0.39 is 0 Å². The molecule has 0 saturated carbocycles. The zero-order valence-electron chi connectivity index (χ0n) is 11.0. The average molecular weight is 250 g/mol. The summed E-state index contributed by atoms with van der Waals surface area (Å²) in [6, 6.07) is 1.91. The predicted molar refractivity (Wildman–Crippen MR) is 71.1 cm³/mol. The molecule has 1 aromatic rings. The Labute approximate surface area is 108 Å². The number of aryl methyl sites for hydroxylation is 1. The molecule has 100 valence electrons. The summed E-state index contributed by atoms with van der Waals surface area (Å²) in [4.78, 5) is 8.98. The Balaban J connectivity index is 2.07. The molecule has 1 fully saturated rings. The van der Waals surface area contributed by atoms with Crippen molar-refractivity contribution in [2.75, 3.05) is 12.0 Å². The monoisotopic (exact) mass is 250 g/mol. The molecule has 1 unspecified atom stereocenters. The second kappa shape index (κ2) is 6.66. The van der Waals surface area contributed by atoms with Crippen molar-refractivity contribution in [1.82, 2.24) is 9.97 Å². The van der Waals surface area contributed by atoms with Crippen LogP contribution in [0, 0.1) is 0 Å². The summed E-state index contributed by atoms with van der Waals surface area (Å²) in [5, 5.41) is 0. The van der Waals surface area contributed by atoms with Crippen LogP contribution in [0.15, 0.2) is 6.07 Å². The summed E-state index contributed by atoms with van der Waals surface area (Å²) >= 11 is 0. The Morgan fingerprint density at radius 2 is 2.33 bits per heavy atom. The zero-order chi connectivity index (χ0) is 12.8. The summed E-state index contributed by atoms with van der Waals surface area (Å²) in [6.45, 7) is 3.00. The number of ether oxygens (including phenoxy) is 1. The van der Waals surface area contributed by atoms with E-state index in [-0.39, 0.29) is 6.10 Å². The number of anilines is 1. The number of hydrogen-bond donors (Lipinski definition) is 2. The smallest absolute Gasteiger partial charge is 0.143 e. The SMILES string of the molecule is CCCc1cc(NN)nc(CC2CCCCO2)n1. The maximum Gasteiger partial charge on any atom is 0.143 e. The molecule has 1 saturated heterocycles. The molecule has 0 spiro atoms. The van der Waals surface area contributed by atoms with Gasteiger partial charge in [0.25, 0.3) is 0 Å². The molecule has 2 heterocycles. The van der Waals surface area contributed by atoms with Crippen molar-refractivity contribution in [1.29, 1.82) is 0 Å². The summed E-state index contributed by atoms with van der Waals surface area (Å²) < 4.78 is 5.72. The Kier molecular flexibility index (Phi) is 4.90. The number of rotatable bonds is 5. The van der Waals surface area contributed by atoms with Gasteiger partial charge in [0.05, 0.1) is 6.10 Å². The second-order valence-corrected chi connectivity index (χ2v) is 4.75. The third-order valence-electron chi connectivity index (χ3n) is 3.16. The molecule has 5 nitrogen and oxygen atoms in total. The summed E-state index contributed by atoms with van der Waals surface area (Å²) in [6.07, 6.45) is 6.58. The van der Waals surface area contributed by atoms with E-state index in [1.807, 2.05) is 6.07 Å². The lowest BCUT2D eigenvalue weighted by Crippen LogP contribution is -2.23. The van der Waals surface area contributed by atoms with E-state index in [2.05, 4.69) is 22.3 Å². The molecule has 0 radical (unpaired) electrons. The third kappa shape index (κ3) is 3.65. The number of nitrogens with one attached hydrogen (secondary N) is 1. The van der Waals surface area contributed by atoms with E-state index in [9.17, 15) is 0 Å². The minimum absolute atomic E-state index is 0.265. The number of nitrogens with two attached hydrogens (primary N) is 1. The van der Waals surface area contributed by atoms with E-state index in [0.29, 0.717) is 5.82 Å². The van der Waals surface area contributed by atoms with Crippen LogP contribution in [0.3, 0.4) is 0 Å². The van der Waals surface area contributed by atoms with Crippen LogP contribution in [-0.4, -0.2) is 22.7 Å². The van der Waals surface area contributed by atoms with Crippen molar-refractivity contribution in [2.24, 2.45) is 5.84 Å².